The molecule has 0 radical (unpaired) electrons. The number of aryl methyl sites for hydroxylation is 1. The van der Waals surface area contributed by atoms with E-state index in [2.05, 4.69) is 12.2 Å². The lowest BCUT2D eigenvalue weighted by atomic mass is 10.0. The summed E-state index contributed by atoms with van der Waals surface area (Å²) in [6.07, 6.45) is 1.77. The summed E-state index contributed by atoms with van der Waals surface area (Å²) in [6, 6.07) is 18.3. The normalized spacial score (nSPS) is 15.7. The van der Waals surface area contributed by atoms with Gasteiger partial charge in [0.1, 0.15) is 0 Å². The molecule has 0 bridgehead atoms. The average molecular weight is 455 g/mol. The lowest BCUT2D eigenvalue weighted by Gasteiger charge is -2.29. The Labute approximate surface area is 187 Å². The van der Waals surface area contributed by atoms with E-state index >= 15 is 0 Å². The summed E-state index contributed by atoms with van der Waals surface area (Å²) in [7, 11) is -3.49. The van der Waals surface area contributed by atoms with Gasteiger partial charge >= 0.3 is 0 Å². The Kier molecular flexibility index (Phi) is 6.27. The van der Waals surface area contributed by atoms with Crippen LogP contribution in [0.25, 0.3) is 10.4 Å². The predicted octanol–water partition coefficient (Wildman–Crippen LogP) is 5.40. The Morgan fingerprint density at radius 3 is 2.32 bits per heavy atom. The predicted molar refractivity (Wildman–Crippen MR) is 126 cm³/mol. The number of amides is 1. The SMILES string of the molecule is Cc1cc(C(=O)Nc2ccc(S(=O)(=O)N3CCC(C)CC3)cc2)sc1-c1ccccc1. The van der Waals surface area contributed by atoms with E-state index in [4.69, 9.17) is 0 Å². The standard InChI is InChI=1S/C24H26N2O3S2/c1-17-12-14-26(15-13-17)31(28,29)21-10-8-20(9-11-21)25-24(27)22-16-18(2)23(30-22)19-6-4-3-5-7-19/h3-11,16-17H,12-15H2,1-2H3,(H,25,27). The molecule has 1 N–H and O–H groups in total. The highest BCUT2D eigenvalue weighted by Crippen LogP contribution is 2.32. The number of thiophene rings is 1. The summed E-state index contributed by atoms with van der Waals surface area (Å²) in [5.41, 5.74) is 2.72. The molecule has 1 aliphatic rings. The number of benzene rings is 2. The van der Waals surface area contributed by atoms with Crippen LogP contribution in [-0.4, -0.2) is 31.7 Å². The number of nitrogens with one attached hydrogen (secondary N) is 1. The first-order valence-electron chi connectivity index (χ1n) is 10.4. The zero-order chi connectivity index (χ0) is 22.0. The van der Waals surface area contributed by atoms with Crippen molar-refractivity contribution in [2.45, 2.75) is 31.6 Å². The number of hydrogen-bond donors (Lipinski definition) is 1. The van der Waals surface area contributed by atoms with Gasteiger partial charge in [-0.1, -0.05) is 37.3 Å². The maximum absolute atomic E-state index is 12.9. The average Bonchev–Trinajstić information content (AvgIpc) is 3.17. The van der Waals surface area contributed by atoms with E-state index in [9.17, 15) is 13.2 Å². The molecule has 1 aromatic heterocycles. The topological polar surface area (TPSA) is 66.5 Å². The number of sulfonamides is 1. The van der Waals surface area contributed by atoms with E-state index in [1.807, 2.05) is 43.3 Å². The second kappa shape index (κ2) is 8.94. The molecule has 0 spiro atoms. The van der Waals surface area contributed by atoms with Crippen LogP contribution in [0.4, 0.5) is 5.69 Å². The Bertz CT molecular complexity index is 1160. The van der Waals surface area contributed by atoms with Crippen molar-refractivity contribution in [3.05, 3.63) is 71.1 Å². The molecule has 0 aliphatic carbocycles. The molecule has 1 amide bonds. The van der Waals surface area contributed by atoms with E-state index in [1.165, 1.54) is 11.3 Å². The molecule has 7 heteroatoms. The molecule has 2 aromatic carbocycles. The molecule has 1 saturated heterocycles. The Balaban J connectivity index is 1.46. The van der Waals surface area contributed by atoms with Gasteiger partial charge in [-0.25, -0.2) is 8.42 Å². The molecule has 1 aliphatic heterocycles. The molecule has 3 aromatic rings. The van der Waals surface area contributed by atoms with Crippen molar-refractivity contribution < 1.29 is 13.2 Å². The molecule has 0 atom stereocenters. The highest BCUT2D eigenvalue weighted by atomic mass is 32.2. The van der Waals surface area contributed by atoms with Crippen molar-refractivity contribution in [3.63, 3.8) is 0 Å². The zero-order valence-corrected chi connectivity index (χ0v) is 19.3. The summed E-state index contributed by atoms with van der Waals surface area (Å²) in [5, 5.41) is 2.88. The van der Waals surface area contributed by atoms with Gasteiger partial charge in [0.2, 0.25) is 10.0 Å². The fourth-order valence-electron chi connectivity index (χ4n) is 3.75. The fourth-order valence-corrected chi connectivity index (χ4v) is 6.29. The maximum Gasteiger partial charge on any atom is 0.265 e. The number of carbonyl (C=O) groups excluding carboxylic acids is 1. The molecule has 0 saturated carbocycles. The molecule has 2 heterocycles. The van der Waals surface area contributed by atoms with Crippen molar-refractivity contribution in [2.24, 2.45) is 5.92 Å². The van der Waals surface area contributed by atoms with Gasteiger partial charge in [0.05, 0.1) is 9.77 Å². The molecule has 5 nitrogen and oxygen atoms in total. The van der Waals surface area contributed by atoms with E-state index in [-0.39, 0.29) is 10.8 Å². The fraction of sp³-hybridized carbons (Fsp3) is 0.292. The minimum atomic E-state index is -3.49. The first kappa shape index (κ1) is 21.7. The largest absolute Gasteiger partial charge is 0.321 e. The smallest absolute Gasteiger partial charge is 0.265 e. The lowest BCUT2D eigenvalue weighted by molar-refractivity contribution is 0.103. The quantitative estimate of drug-likeness (QED) is 0.562. The highest BCUT2D eigenvalue weighted by Gasteiger charge is 2.28. The van der Waals surface area contributed by atoms with E-state index in [1.54, 1.807) is 28.6 Å². The van der Waals surface area contributed by atoms with Gasteiger partial charge in [-0.2, -0.15) is 4.31 Å². The van der Waals surface area contributed by atoms with Gasteiger partial charge in [-0.05, 0) is 67.1 Å². The van der Waals surface area contributed by atoms with Gasteiger partial charge in [0, 0.05) is 23.7 Å². The first-order valence-corrected chi connectivity index (χ1v) is 12.7. The second-order valence-electron chi connectivity index (χ2n) is 8.05. The van der Waals surface area contributed by atoms with Crippen molar-refractivity contribution in [2.75, 3.05) is 18.4 Å². The van der Waals surface area contributed by atoms with Crippen LogP contribution in [0.3, 0.4) is 0 Å². The summed E-state index contributed by atoms with van der Waals surface area (Å²) in [5.74, 6) is 0.364. The third-order valence-corrected chi connectivity index (χ3v) is 8.87. The monoisotopic (exact) mass is 454 g/mol. The Hall–Kier alpha value is -2.48. The highest BCUT2D eigenvalue weighted by molar-refractivity contribution is 7.89. The molecule has 31 heavy (non-hydrogen) atoms. The Morgan fingerprint density at radius 1 is 1.03 bits per heavy atom. The Morgan fingerprint density at radius 2 is 1.68 bits per heavy atom. The van der Waals surface area contributed by atoms with E-state index in [0.717, 1.165) is 28.8 Å². The van der Waals surface area contributed by atoms with Crippen molar-refractivity contribution in [3.8, 4) is 10.4 Å². The number of carbonyl (C=O) groups is 1. The van der Waals surface area contributed by atoms with Crippen LogP contribution in [0.2, 0.25) is 0 Å². The van der Waals surface area contributed by atoms with Gasteiger partial charge in [0.25, 0.3) is 5.91 Å². The van der Waals surface area contributed by atoms with Crippen LogP contribution in [0.15, 0.2) is 65.6 Å². The third-order valence-electron chi connectivity index (χ3n) is 5.67. The third kappa shape index (κ3) is 4.74. The second-order valence-corrected chi connectivity index (χ2v) is 11.0. The first-order chi connectivity index (χ1) is 14.8. The van der Waals surface area contributed by atoms with Crippen LogP contribution in [0.1, 0.15) is 35.0 Å². The molecule has 1 fully saturated rings. The van der Waals surface area contributed by atoms with Gasteiger partial charge < -0.3 is 5.32 Å². The van der Waals surface area contributed by atoms with Crippen LogP contribution in [0, 0.1) is 12.8 Å². The molecular weight excluding hydrogens is 428 g/mol. The zero-order valence-electron chi connectivity index (χ0n) is 17.7. The molecule has 4 rings (SSSR count). The van der Waals surface area contributed by atoms with Crippen LogP contribution >= 0.6 is 11.3 Å². The molecule has 0 unspecified atom stereocenters. The summed E-state index contributed by atoms with van der Waals surface area (Å²) in [6.45, 7) is 5.27. The summed E-state index contributed by atoms with van der Waals surface area (Å²) in [4.78, 5) is 14.7. The number of hydrogen-bond acceptors (Lipinski definition) is 4. The van der Waals surface area contributed by atoms with Crippen molar-refractivity contribution >= 4 is 33.0 Å². The minimum Gasteiger partial charge on any atom is -0.321 e. The number of anilines is 1. The van der Waals surface area contributed by atoms with Crippen LogP contribution in [-0.2, 0) is 10.0 Å². The minimum absolute atomic E-state index is 0.198. The molecular formula is C24H26N2O3S2. The summed E-state index contributed by atoms with van der Waals surface area (Å²) >= 11 is 1.45. The number of rotatable bonds is 5. The van der Waals surface area contributed by atoms with Gasteiger partial charge in [-0.15, -0.1) is 11.3 Å². The summed E-state index contributed by atoms with van der Waals surface area (Å²) < 4.78 is 27.3. The van der Waals surface area contributed by atoms with Gasteiger partial charge in [0.15, 0.2) is 0 Å². The van der Waals surface area contributed by atoms with E-state index < -0.39 is 10.0 Å². The van der Waals surface area contributed by atoms with Crippen LogP contribution in [0.5, 0.6) is 0 Å². The van der Waals surface area contributed by atoms with Gasteiger partial charge in [-0.3, -0.25) is 4.79 Å². The number of piperidine rings is 1. The lowest BCUT2D eigenvalue weighted by Crippen LogP contribution is -2.37. The molecule has 162 valence electrons. The van der Waals surface area contributed by atoms with E-state index in [0.29, 0.717) is 29.6 Å². The van der Waals surface area contributed by atoms with Crippen molar-refractivity contribution in [1.82, 2.24) is 4.31 Å². The van der Waals surface area contributed by atoms with Crippen molar-refractivity contribution in [1.29, 1.82) is 0 Å². The maximum atomic E-state index is 12.9. The number of nitrogens with zero attached hydrogens (tertiary/aromatic N) is 1. The van der Waals surface area contributed by atoms with Crippen LogP contribution < -0.4 is 5.32 Å².